The number of hydrogen-bond donors (Lipinski definition) is 1. The predicted molar refractivity (Wildman–Crippen MR) is 93.6 cm³/mol. The van der Waals surface area contributed by atoms with Crippen LogP contribution in [0.4, 0.5) is 5.69 Å². The van der Waals surface area contributed by atoms with Crippen LogP contribution in [-0.2, 0) is 14.6 Å². The molecule has 0 saturated heterocycles. The van der Waals surface area contributed by atoms with Crippen LogP contribution in [0.2, 0.25) is 0 Å². The van der Waals surface area contributed by atoms with Crippen molar-refractivity contribution in [1.29, 1.82) is 0 Å². The first-order valence-corrected chi connectivity index (χ1v) is 9.24. The molecule has 1 aliphatic rings. The highest BCUT2D eigenvalue weighted by atomic mass is 32.2. The van der Waals surface area contributed by atoms with Gasteiger partial charge in [0.05, 0.1) is 10.1 Å². The van der Waals surface area contributed by atoms with Gasteiger partial charge in [-0.05, 0) is 42.6 Å². The largest absolute Gasteiger partial charge is 0.325 e. The Balaban J connectivity index is 1.79. The molecule has 0 heterocycles. The summed E-state index contributed by atoms with van der Waals surface area (Å²) in [5.74, 6) is -0.490. The number of nitrogens with zero attached hydrogens (tertiary/aromatic N) is 3. The molecule has 128 valence electrons. The van der Waals surface area contributed by atoms with E-state index in [1.165, 1.54) is 12.1 Å². The van der Waals surface area contributed by atoms with E-state index in [4.69, 9.17) is 5.53 Å². The maximum Gasteiger partial charge on any atom is 0.236 e. The molecular formula is C17H16N4O3S. The van der Waals surface area contributed by atoms with Crippen LogP contribution in [0, 0.1) is 0 Å². The van der Waals surface area contributed by atoms with E-state index in [9.17, 15) is 13.2 Å². The number of amides is 1. The van der Waals surface area contributed by atoms with Crippen molar-refractivity contribution in [2.45, 2.75) is 28.5 Å². The molecule has 0 spiro atoms. The van der Waals surface area contributed by atoms with Gasteiger partial charge < -0.3 is 5.32 Å². The molecule has 0 unspecified atom stereocenters. The van der Waals surface area contributed by atoms with E-state index in [1.807, 2.05) is 6.07 Å². The zero-order valence-electron chi connectivity index (χ0n) is 13.2. The van der Waals surface area contributed by atoms with Crippen LogP contribution in [0.1, 0.15) is 12.8 Å². The average molecular weight is 356 g/mol. The fraction of sp³-hybridized carbons (Fsp3) is 0.235. The second-order valence-electron chi connectivity index (χ2n) is 5.93. The molecule has 25 heavy (non-hydrogen) atoms. The number of azide groups is 1. The minimum Gasteiger partial charge on any atom is -0.325 e. The predicted octanol–water partition coefficient (Wildman–Crippen LogP) is 3.31. The van der Waals surface area contributed by atoms with E-state index < -0.39 is 26.5 Å². The summed E-state index contributed by atoms with van der Waals surface area (Å²) in [4.78, 5) is 15.5. The highest BCUT2D eigenvalue weighted by Gasteiger charge is 2.54. The Morgan fingerprint density at radius 2 is 1.64 bits per heavy atom. The Kier molecular flexibility index (Phi) is 4.48. The summed E-state index contributed by atoms with van der Waals surface area (Å²) >= 11 is 0. The molecule has 0 atom stereocenters. The Morgan fingerprint density at radius 1 is 1.08 bits per heavy atom. The molecule has 2 aromatic rings. The quantitative estimate of drug-likeness (QED) is 0.504. The monoisotopic (exact) mass is 356 g/mol. The van der Waals surface area contributed by atoms with Gasteiger partial charge in [0.2, 0.25) is 5.91 Å². The van der Waals surface area contributed by atoms with Gasteiger partial charge in [0.25, 0.3) is 0 Å². The zero-order chi connectivity index (χ0) is 17.9. The number of anilines is 1. The molecule has 1 amide bonds. The van der Waals surface area contributed by atoms with Gasteiger partial charge in [0, 0.05) is 10.6 Å². The maximum atomic E-state index is 12.6. The minimum atomic E-state index is -3.56. The van der Waals surface area contributed by atoms with Crippen LogP contribution in [0.3, 0.4) is 0 Å². The highest BCUT2D eigenvalue weighted by Crippen LogP contribution is 2.43. The summed E-state index contributed by atoms with van der Waals surface area (Å²) in [5, 5.41) is 5.55. The van der Waals surface area contributed by atoms with E-state index in [1.54, 1.807) is 42.5 Å². The lowest BCUT2D eigenvalue weighted by molar-refractivity contribution is -0.123. The molecular weight excluding hydrogens is 340 g/mol. The van der Waals surface area contributed by atoms with Gasteiger partial charge in [-0.3, -0.25) is 4.79 Å². The molecule has 1 saturated carbocycles. The number of benzene rings is 2. The molecule has 0 aromatic heterocycles. The summed E-state index contributed by atoms with van der Waals surface area (Å²) in [5.41, 5.74) is 8.00. The van der Waals surface area contributed by atoms with Crippen molar-refractivity contribution in [2.24, 2.45) is 5.11 Å². The Bertz CT molecular complexity index is 917. The van der Waals surface area contributed by atoms with Gasteiger partial charge in [-0.1, -0.05) is 41.5 Å². The van der Waals surface area contributed by atoms with Crippen molar-refractivity contribution in [2.75, 3.05) is 5.32 Å². The number of carbonyl (C=O) groups is 1. The Hall–Kier alpha value is -2.83. The summed E-state index contributed by atoms with van der Waals surface area (Å²) in [6, 6.07) is 16.8. The van der Waals surface area contributed by atoms with Crippen LogP contribution in [0.5, 0.6) is 0 Å². The number of nitrogens with one attached hydrogen (secondary N) is 1. The molecule has 1 N–H and O–H groups in total. The topological polar surface area (TPSA) is 112 Å². The second-order valence-corrected chi connectivity index (χ2v) is 8.16. The van der Waals surface area contributed by atoms with Gasteiger partial charge in [-0.15, -0.1) is 0 Å². The molecule has 0 radical (unpaired) electrons. The smallest absolute Gasteiger partial charge is 0.236 e. The van der Waals surface area contributed by atoms with Gasteiger partial charge >= 0.3 is 0 Å². The van der Waals surface area contributed by atoms with Gasteiger partial charge in [0.1, 0.15) is 5.54 Å². The van der Waals surface area contributed by atoms with E-state index in [0.29, 0.717) is 5.69 Å². The van der Waals surface area contributed by atoms with Crippen molar-refractivity contribution in [3.63, 3.8) is 0 Å². The molecule has 7 nitrogen and oxygen atoms in total. The van der Waals surface area contributed by atoms with Crippen LogP contribution in [0.25, 0.3) is 10.4 Å². The van der Waals surface area contributed by atoms with Crippen molar-refractivity contribution in [1.82, 2.24) is 0 Å². The second kappa shape index (κ2) is 6.58. The molecule has 0 bridgehead atoms. The summed E-state index contributed by atoms with van der Waals surface area (Å²) in [7, 11) is -3.56. The van der Waals surface area contributed by atoms with E-state index in [0.717, 1.165) is 0 Å². The fourth-order valence-corrected chi connectivity index (χ4v) is 4.79. The van der Waals surface area contributed by atoms with Crippen molar-refractivity contribution in [3.05, 3.63) is 71.1 Å². The summed E-state index contributed by atoms with van der Waals surface area (Å²) < 4.78 is 25.2. The third-order valence-corrected chi connectivity index (χ3v) is 6.47. The molecule has 8 heteroatoms. The van der Waals surface area contributed by atoms with E-state index in [2.05, 4.69) is 15.3 Å². The van der Waals surface area contributed by atoms with E-state index >= 15 is 0 Å². The summed E-state index contributed by atoms with van der Waals surface area (Å²) in [6.07, 6.45) is -0.0695. The number of para-hydroxylation sites is 1. The number of sulfone groups is 1. The van der Waals surface area contributed by atoms with Gasteiger partial charge in [0.15, 0.2) is 9.84 Å². The zero-order valence-corrected chi connectivity index (χ0v) is 14.1. The lowest BCUT2D eigenvalue weighted by Crippen LogP contribution is -2.56. The molecule has 1 aliphatic carbocycles. The molecule has 0 aliphatic heterocycles. The number of carbonyl (C=O) groups excluding carboxylic acids is 1. The van der Waals surface area contributed by atoms with Gasteiger partial charge in [-0.25, -0.2) is 8.42 Å². The van der Waals surface area contributed by atoms with E-state index in [-0.39, 0.29) is 17.7 Å². The Morgan fingerprint density at radius 3 is 2.20 bits per heavy atom. The van der Waals surface area contributed by atoms with Crippen LogP contribution in [-0.4, -0.2) is 25.1 Å². The van der Waals surface area contributed by atoms with Crippen LogP contribution < -0.4 is 5.32 Å². The van der Waals surface area contributed by atoms with Crippen LogP contribution >= 0.6 is 0 Å². The third kappa shape index (κ3) is 3.22. The molecule has 1 fully saturated rings. The number of hydrogen-bond acceptors (Lipinski definition) is 4. The first-order valence-electron chi connectivity index (χ1n) is 7.70. The van der Waals surface area contributed by atoms with Gasteiger partial charge in [-0.2, -0.15) is 0 Å². The molecule has 3 rings (SSSR count). The van der Waals surface area contributed by atoms with Crippen molar-refractivity contribution < 1.29 is 13.2 Å². The third-order valence-electron chi connectivity index (χ3n) is 4.33. The summed E-state index contributed by atoms with van der Waals surface area (Å²) in [6.45, 7) is 0. The first-order chi connectivity index (χ1) is 12.0. The fourth-order valence-electron chi connectivity index (χ4n) is 2.88. The van der Waals surface area contributed by atoms with Crippen molar-refractivity contribution >= 4 is 21.4 Å². The SMILES string of the molecule is [N-]=[N+]=NC1(C(=O)Nc2ccccc2)CC(S(=O)(=O)c2ccccc2)C1. The normalized spacial score (nSPS) is 22.3. The first kappa shape index (κ1) is 17.0. The van der Waals surface area contributed by atoms with Crippen molar-refractivity contribution in [3.8, 4) is 0 Å². The Labute approximate surface area is 145 Å². The minimum absolute atomic E-state index is 0.0348. The maximum absolute atomic E-state index is 12.6. The highest BCUT2D eigenvalue weighted by molar-refractivity contribution is 7.92. The lowest BCUT2D eigenvalue weighted by Gasteiger charge is -2.42. The standard InChI is InChI=1S/C17H16N4O3S/c18-21-20-17(16(22)19-13-7-3-1-4-8-13)11-15(12-17)25(23,24)14-9-5-2-6-10-14/h1-10,15H,11-12H2,(H,19,22). The van der Waals surface area contributed by atoms with Crippen LogP contribution in [0.15, 0.2) is 70.7 Å². The number of rotatable bonds is 5. The molecule has 2 aromatic carbocycles. The average Bonchev–Trinajstić information content (AvgIpc) is 2.59. The lowest BCUT2D eigenvalue weighted by atomic mass is 9.76.